The van der Waals surface area contributed by atoms with E-state index in [0.29, 0.717) is 18.3 Å². The van der Waals surface area contributed by atoms with Crippen LogP contribution in [0.3, 0.4) is 0 Å². The Balaban J connectivity index is 1.79. The van der Waals surface area contributed by atoms with Gasteiger partial charge in [-0.15, -0.1) is 0 Å². The molecular formula is C12H20O3. The van der Waals surface area contributed by atoms with E-state index in [-0.39, 0.29) is 5.97 Å². The van der Waals surface area contributed by atoms with Crippen LogP contribution >= 0.6 is 0 Å². The van der Waals surface area contributed by atoms with Gasteiger partial charge in [-0.2, -0.15) is 0 Å². The van der Waals surface area contributed by atoms with Crippen molar-refractivity contribution in [2.45, 2.75) is 45.1 Å². The number of ether oxygens (including phenoxy) is 2. The summed E-state index contributed by atoms with van der Waals surface area (Å²) in [6.07, 6.45) is 6.22. The molecule has 0 saturated carbocycles. The van der Waals surface area contributed by atoms with Crippen molar-refractivity contribution in [3.63, 3.8) is 0 Å². The summed E-state index contributed by atoms with van der Waals surface area (Å²) in [4.78, 5) is 11.0. The highest BCUT2D eigenvalue weighted by Gasteiger charge is 2.20. The van der Waals surface area contributed by atoms with Crippen molar-refractivity contribution in [1.29, 1.82) is 0 Å². The predicted molar refractivity (Wildman–Crippen MR) is 58.6 cm³/mol. The monoisotopic (exact) mass is 212 g/mol. The molecule has 3 nitrogen and oxygen atoms in total. The Hall–Kier alpha value is -0.830. The highest BCUT2D eigenvalue weighted by Crippen LogP contribution is 2.17. The van der Waals surface area contributed by atoms with E-state index in [1.165, 1.54) is 19.3 Å². The number of epoxide rings is 1. The molecule has 1 saturated heterocycles. The van der Waals surface area contributed by atoms with E-state index >= 15 is 0 Å². The van der Waals surface area contributed by atoms with Crippen molar-refractivity contribution < 1.29 is 14.3 Å². The summed E-state index contributed by atoms with van der Waals surface area (Å²) in [5.74, 6) is -0.276. The number of esters is 1. The van der Waals surface area contributed by atoms with Crippen molar-refractivity contribution in [3.8, 4) is 0 Å². The normalized spacial score (nSPS) is 18.6. The Kier molecular flexibility index (Phi) is 5.40. The van der Waals surface area contributed by atoms with Gasteiger partial charge in [-0.1, -0.05) is 25.8 Å². The maximum Gasteiger partial charge on any atom is 0.333 e. The Bertz CT molecular complexity index is 219. The van der Waals surface area contributed by atoms with Gasteiger partial charge in [0.25, 0.3) is 0 Å². The lowest BCUT2D eigenvalue weighted by atomic mass is 10.1. The molecule has 0 aliphatic carbocycles. The smallest absolute Gasteiger partial charge is 0.333 e. The average molecular weight is 212 g/mol. The molecule has 0 N–H and O–H groups in total. The number of unbranched alkanes of at least 4 members (excludes halogenated alkanes) is 3. The van der Waals surface area contributed by atoms with Crippen LogP contribution < -0.4 is 0 Å². The van der Waals surface area contributed by atoms with Gasteiger partial charge < -0.3 is 9.47 Å². The Morgan fingerprint density at radius 1 is 1.40 bits per heavy atom. The topological polar surface area (TPSA) is 38.8 Å². The molecule has 0 radical (unpaired) electrons. The fourth-order valence-corrected chi connectivity index (χ4v) is 1.35. The molecule has 1 unspecified atom stereocenters. The molecule has 1 aliphatic heterocycles. The minimum absolute atomic E-state index is 0.276. The Morgan fingerprint density at radius 3 is 2.67 bits per heavy atom. The zero-order chi connectivity index (χ0) is 11.1. The summed E-state index contributed by atoms with van der Waals surface area (Å²) in [6, 6.07) is 0. The molecule has 0 bridgehead atoms. The lowest BCUT2D eigenvalue weighted by Crippen LogP contribution is -2.06. The summed E-state index contributed by atoms with van der Waals surface area (Å²) < 4.78 is 10.1. The van der Waals surface area contributed by atoms with Crippen LogP contribution in [0.4, 0.5) is 0 Å². The summed E-state index contributed by atoms with van der Waals surface area (Å²) in [6.45, 7) is 6.66. The van der Waals surface area contributed by atoms with Crippen molar-refractivity contribution in [1.82, 2.24) is 0 Å². The summed E-state index contributed by atoms with van der Waals surface area (Å²) in [5.41, 5.74) is 0.473. The van der Waals surface area contributed by atoms with E-state index in [1.807, 2.05) is 0 Å². The number of carbonyl (C=O) groups excluding carboxylic acids is 1. The molecule has 1 heterocycles. The van der Waals surface area contributed by atoms with E-state index in [0.717, 1.165) is 19.4 Å². The molecule has 3 heteroatoms. The molecule has 0 spiro atoms. The number of rotatable bonds is 8. The predicted octanol–water partition coefficient (Wildman–Crippen LogP) is 2.46. The fraction of sp³-hybridized carbons (Fsp3) is 0.750. The molecular weight excluding hydrogens is 192 g/mol. The van der Waals surface area contributed by atoms with Crippen LogP contribution in [0.1, 0.15) is 39.0 Å². The molecule has 15 heavy (non-hydrogen) atoms. The summed E-state index contributed by atoms with van der Waals surface area (Å²) in [7, 11) is 0. The Morgan fingerprint density at radius 2 is 2.07 bits per heavy atom. The highest BCUT2D eigenvalue weighted by molar-refractivity contribution is 5.86. The van der Waals surface area contributed by atoms with Crippen LogP contribution in [0.5, 0.6) is 0 Å². The lowest BCUT2D eigenvalue weighted by Gasteiger charge is -2.03. The number of carbonyl (C=O) groups is 1. The van der Waals surface area contributed by atoms with E-state index in [1.54, 1.807) is 6.92 Å². The average Bonchev–Trinajstić information content (AvgIpc) is 2.99. The number of hydrogen-bond acceptors (Lipinski definition) is 3. The fourth-order valence-electron chi connectivity index (χ4n) is 1.35. The third kappa shape index (κ3) is 6.28. The van der Waals surface area contributed by atoms with Gasteiger partial charge in [-0.3, -0.25) is 0 Å². The molecule has 0 aromatic rings. The van der Waals surface area contributed by atoms with Gasteiger partial charge in [-0.25, -0.2) is 4.79 Å². The van der Waals surface area contributed by atoms with Gasteiger partial charge in [-0.05, 0) is 19.8 Å². The van der Waals surface area contributed by atoms with Crippen molar-refractivity contribution in [3.05, 3.63) is 12.2 Å². The second kappa shape index (κ2) is 6.62. The van der Waals surface area contributed by atoms with Crippen LogP contribution in [-0.2, 0) is 14.3 Å². The van der Waals surface area contributed by atoms with Gasteiger partial charge in [0, 0.05) is 5.57 Å². The first-order valence-electron chi connectivity index (χ1n) is 5.64. The quantitative estimate of drug-likeness (QED) is 0.268. The third-order valence-electron chi connectivity index (χ3n) is 2.40. The van der Waals surface area contributed by atoms with Gasteiger partial charge in [0.15, 0.2) is 0 Å². The van der Waals surface area contributed by atoms with Gasteiger partial charge in [0.2, 0.25) is 0 Å². The maximum absolute atomic E-state index is 11.0. The first kappa shape index (κ1) is 12.2. The zero-order valence-electron chi connectivity index (χ0n) is 9.46. The minimum Gasteiger partial charge on any atom is -0.462 e. The first-order chi connectivity index (χ1) is 7.20. The van der Waals surface area contributed by atoms with Crippen LogP contribution in [0, 0.1) is 0 Å². The van der Waals surface area contributed by atoms with Crippen molar-refractivity contribution in [2.75, 3.05) is 13.2 Å². The summed E-state index contributed by atoms with van der Waals surface area (Å²) in [5, 5.41) is 0. The largest absolute Gasteiger partial charge is 0.462 e. The van der Waals surface area contributed by atoms with E-state index in [4.69, 9.17) is 9.47 Å². The second-order valence-corrected chi connectivity index (χ2v) is 4.07. The summed E-state index contributed by atoms with van der Waals surface area (Å²) >= 11 is 0. The van der Waals surface area contributed by atoms with Gasteiger partial charge in [0.05, 0.1) is 19.3 Å². The SMILES string of the molecule is C=C(C)C(=O)OCCCCCCC1CO1. The van der Waals surface area contributed by atoms with E-state index in [9.17, 15) is 4.79 Å². The van der Waals surface area contributed by atoms with Crippen LogP contribution in [-0.4, -0.2) is 25.3 Å². The molecule has 1 aliphatic rings. The zero-order valence-corrected chi connectivity index (χ0v) is 9.46. The molecule has 0 amide bonds. The van der Waals surface area contributed by atoms with Gasteiger partial charge in [0.1, 0.15) is 0 Å². The second-order valence-electron chi connectivity index (χ2n) is 4.07. The Labute approximate surface area is 91.4 Å². The van der Waals surface area contributed by atoms with Crippen LogP contribution in [0.25, 0.3) is 0 Å². The molecule has 86 valence electrons. The van der Waals surface area contributed by atoms with Crippen LogP contribution in [0.2, 0.25) is 0 Å². The first-order valence-corrected chi connectivity index (χ1v) is 5.64. The maximum atomic E-state index is 11.0. The number of hydrogen-bond donors (Lipinski definition) is 0. The third-order valence-corrected chi connectivity index (χ3v) is 2.40. The lowest BCUT2D eigenvalue weighted by molar-refractivity contribution is -0.139. The highest BCUT2D eigenvalue weighted by atomic mass is 16.6. The molecule has 1 rings (SSSR count). The molecule has 1 atom stereocenters. The minimum atomic E-state index is -0.276. The van der Waals surface area contributed by atoms with E-state index < -0.39 is 0 Å². The standard InChI is InChI=1S/C12H20O3/c1-10(2)12(13)14-8-6-4-3-5-7-11-9-15-11/h11H,1,3-9H2,2H3. The molecule has 0 aromatic carbocycles. The molecule has 1 fully saturated rings. The van der Waals surface area contributed by atoms with Gasteiger partial charge >= 0.3 is 5.97 Å². The molecule has 0 aromatic heterocycles. The van der Waals surface area contributed by atoms with Crippen molar-refractivity contribution >= 4 is 5.97 Å². The van der Waals surface area contributed by atoms with E-state index in [2.05, 4.69) is 6.58 Å². The van der Waals surface area contributed by atoms with Crippen molar-refractivity contribution in [2.24, 2.45) is 0 Å². The van der Waals surface area contributed by atoms with Crippen LogP contribution in [0.15, 0.2) is 12.2 Å².